The van der Waals surface area contributed by atoms with Gasteiger partial charge in [-0.1, -0.05) is 42.0 Å². The third-order valence-corrected chi connectivity index (χ3v) is 4.53. The molecule has 0 amide bonds. The lowest BCUT2D eigenvalue weighted by Crippen LogP contribution is -2.01. The summed E-state index contributed by atoms with van der Waals surface area (Å²) in [6, 6.07) is 10.2. The molecular weight excluding hydrogens is 310 g/mol. The molecule has 0 radical (unpaired) electrons. The SMILES string of the molecule is CCc1noc(CSc2nc(C3CC3)n(-c3ccccc3)n2)n1. The summed E-state index contributed by atoms with van der Waals surface area (Å²) in [4.78, 5) is 9.03. The van der Waals surface area contributed by atoms with Crippen LogP contribution in [0, 0.1) is 0 Å². The van der Waals surface area contributed by atoms with Crippen molar-refractivity contribution in [1.29, 1.82) is 0 Å². The first-order chi connectivity index (χ1) is 11.3. The number of para-hydroxylation sites is 1. The Hall–Kier alpha value is -2.15. The summed E-state index contributed by atoms with van der Waals surface area (Å²) in [6.07, 6.45) is 3.17. The molecule has 2 aromatic heterocycles. The molecule has 0 saturated heterocycles. The maximum Gasteiger partial charge on any atom is 0.237 e. The van der Waals surface area contributed by atoms with Crippen molar-refractivity contribution in [3.05, 3.63) is 47.9 Å². The monoisotopic (exact) mass is 327 g/mol. The van der Waals surface area contributed by atoms with E-state index in [2.05, 4.69) is 27.4 Å². The van der Waals surface area contributed by atoms with Crippen LogP contribution in [0.1, 0.15) is 43.2 Å². The lowest BCUT2D eigenvalue weighted by molar-refractivity contribution is 0.385. The van der Waals surface area contributed by atoms with Crippen molar-refractivity contribution in [1.82, 2.24) is 24.9 Å². The van der Waals surface area contributed by atoms with E-state index < -0.39 is 0 Å². The van der Waals surface area contributed by atoms with Gasteiger partial charge in [-0.2, -0.15) is 4.98 Å². The van der Waals surface area contributed by atoms with Crippen molar-refractivity contribution >= 4 is 11.8 Å². The van der Waals surface area contributed by atoms with Gasteiger partial charge in [-0.05, 0) is 25.0 Å². The molecule has 23 heavy (non-hydrogen) atoms. The Kier molecular flexibility index (Phi) is 3.87. The molecule has 118 valence electrons. The Morgan fingerprint density at radius 2 is 2.04 bits per heavy atom. The fraction of sp³-hybridized carbons (Fsp3) is 0.375. The van der Waals surface area contributed by atoms with Crippen LogP contribution in [0.25, 0.3) is 5.69 Å². The fourth-order valence-electron chi connectivity index (χ4n) is 2.35. The van der Waals surface area contributed by atoms with E-state index >= 15 is 0 Å². The zero-order chi connectivity index (χ0) is 15.6. The van der Waals surface area contributed by atoms with Crippen molar-refractivity contribution in [3.8, 4) is 5.69 Å². The summed E-state index contributed by atoms with van der Waals surface area (Å²) in [6.45, 7) is 2.01. The molecule has 1 fully saturated rings. The lowest BCUT2D eigenvalue weighted by atomic mass is 10.3. The molecule has 7 heteroatoms. The standard InChI is InChI=1S/C16H17N5OS/c1-2-13-17-14(22-20-13)10-23-16-18-15(11-8-9-11)21(19-16)12-6-4-3-5-7-12/h3-7,11H,2,8-10H2,1H3. The summed E-state index contributed by atoms with van der Waals surface area (Å²) in [5.41, 5.74) is 1.06. The fourth-order valence-corrected chi connectivity index (χ4v) is 3.02. The molecule has 6 nitrogen and oxygen atoms in total. The van der Waals surface area contributed by atoms with Crippen LogP contribution in [0.4, 0.5) is 0 Å². The number of hydrogen-bond donors (Lipinski definition) is 0. The van der Waals surface area contributed by atoms with Gasteiger partial charge in [-0.25, -0.2) is 9.67 Å². The molecule has 2 heterocycles. The number of aryl methyl sites for hydroxylation is 1. The zero-order valence-electron chi connectivity index (χ0n) is 12.8. The van der Waals surface area contributed by atoms with E-state index in [1.807, 2.05) is 29.8 Å². The Morgan fingerprint density at radius 1 is 1.22 bits per heavy atom. The van der Waals surface area contributed by atoms with E-state index in [4.69, 9.17) is 9.51 Å². The number of rotatable bonds is 6. The Labute approximate surface area is 138 Å². The first-order valence-corrected chi connectivity index (χ1v) is 8.78. The summed E-state index contributed by atoms with van der Waals surface area (Å²) < 4.78 is 7.18. The van der Waals surface area contributed by atoms with Gasteiger partial charge < -0.3 is 4.52 Å². The molecule has 1 aliphatic rings. The molecule has 3 aromatic rings. The normalized spacial score (nSPS) is 14.3. The van der Waals surface area contributed by atoms with E-state index in [0.717, 1.165) is 28.9 Å². The van der Waals surface area contributed by atoms with Gasteiger partial charge in [0, 0.05) is 12.3 Å². The third-order valence-electron chi connectivity index (χ3n) is 3.71. The number of aromatic nitrogens is 5. The highest BCUT2D eigenvalue weighted by molar-refractivity contribution is 7.98. The summed E-state index contributed by atoms with van der Waals surface area (Å²) in [5, 5.41) is 9.33. The average molecular weight is 327 g/mol. The second-order valence-corrected chi connectivity index (χ2v) is 6.46. The van der Waals surface area contributed by atoms with Crippen LogP contribution in [0.5, 0.6) is 0 Å². The van der Waals surface area contributed by atoms with E-state index in [0.29, 0.717) is 17.6 Å². The van der Waals surface area contributed by atoms with Crippen molar-refractivity contribution in [2.24, 2.45) is 0 Å². The summed E-state index contributed by atoms with van der Waals surface area (Å²) in [7, 11) is 0. The Morgan fingerprint density at radius 3 is 2.74 bits per heavy atom. The number of nitrogens with zero attached hydrogens (tertiary/aromatic N) is 5. The predicted octanol–water partition coefficient (Wildman–Crippen LogP) is 3.38. The smallest absolute Gasteiger partial charge is 0.237 e. The van der Waals surface area contributed by atoms with Crippen molar-refractivity contribution in [2.45, 2.75) is 43.0 Å². The number of hydrogen-bond acceptors (Lipinski definition) is 6. The minimum Gasteiger partial charge on any atom is -0.338 e. The van der Waals surface area contributed by atoms with Gasteiger partial charge in [0.2, 0.25) is 11.0 Å². The van der Waals surface area contributed by atoms with Gasteiger partial charge in [0.25, 0.3) is 0 Å². The van der Waals surface area contributed by atoms with Crippen molar-refractivity contribution < 1.29 is 4.52 Å². The topological polar surface area (TPSA) is 69.6 Å². The van der Waals surface area contributed by atoms with E-state index in [9.17, 15) is 0 Å². The number of benzene rings is 1. The highest BCUT2D eigenvalue weighted by Gasteiger charge is 2.30. The zero-order valence-corrected chi connectivity index (χ0v) is 13.7. The van der Waals surface area contributed by atoms with Crippen LogP contribution in [-0.2, 0) is 12.2 Å². The van der Waals surface area contributed by atoms with E-state index in [-0.39, 0.29) is 0 Å². The van der Waals surface area contributed by atoms with Gasteiger partial charge >= 0.3 is 0 Å². The van der Waals surface area contributed by atoms with Crippen LogP contribution in [0.2, 0.25) is 0 Å². The van der Waals surface area contributed by atoms with Gasteiger partial charge in [0.15, 0.2) is 5.82 Å². The number of thioether (sulfide) groups is 1. The molecule has 1 aromatic carbocycles. The minimum atomic E-state index is 0.534. The molecule has 1 aliphatic carbocycles. The van der Waals surface area contributed by atoms with Crippen molar-refractivity contribution in [3.63, 3.8) is 0 Å². The summed E-state index contributed by atoms with van der Waals surface area (Å²) >= 11 is 1.53. The quantitative estimate of drug-likeness (QED) is 0.646. The molecule has 4 rings (SSSR count). The molecule has 0 bridgehead atoms. The highest BCUT2D eigenvalue weighted by atomic mass is 32.2. The molecule has 0 N–H and O–H groups in total. The molecule has 0 aliphatic heterocycles. The summed E-state index contributed by atoms with van der Waals surface area (Å²) in [5.74, 6) is 3.54. The largest absolute Gasteiger partial charge is 0.338 e. The molecule has 1 saturated carbocycles. The van der Waals surface area contributed by atoms with Gasteiger partial charge in [0.05, 0.1) is 11.4 Å². The molecule has 0 atom stereocenters. The van der Waals surface area contributed by atoms with E-state index in [1.165, 1.54) is 24.6 Å². The highest BCUT2D eigenvalue weighted by Crippen LogP contribution is 2.40. The van der Waals surface area contributed by atoms with Crippen LogP contribution < -0.4 is 0 Å². The van der Waals surface area contributed by atoms with Gasteiger partial charge in [-0.3, -0.25) is 0 Å². The molecular formula is C16H17N5OS. The van der Waals surface area contributed by atoms with E-state index in [1.54, 1.807) is 0 Å². The Balaban J connectivity index is 1.55. The first kappa shape index (κ1) is 14.4. The maximum absolute atomic E-state index is 5.21. The minimum absolute atomic E-state index is 0.534. The average Bonchev–Trinajstić information content (AvgIpc) is 3.19. The Bertz CT molecular complexity index is 794. The maximum atomic E-state index is 5.21. The predicted molar refractivity (Wildman–Crippen MR) is 86.6 cm³/mol. The van der Waals surface area contributed by atoms with Crippen molar-refractivity contribution in [2.75, 3.05) is 0 Å². The second kappa shape index (κ2) is 6.16. The molecule has 0 spiro atoms. The van der Waals surface area contributed by atoms with Crippen LogP contribution >= 0.6 is 11.8 Å². The van der Waals surface area contributed by atoms with Gasteiger partial charge in [-0.15, -0.1) is 5.10 Å². The van der Waals surface area contributed by atoms with Gasteiger partial charge in [0.1, 0.15) is 5.82 Å². The molecule has 0 unspecified atom stereocenters. The van der Waals surface area contributed by atoms with Crippen LogP contribution in [-0.4, -0.2) is 24.9 Å². The van der Waals surface area contributed by atoms with Crippen LogP contribution in [0.15, 0.2) is 40.0 Å². The third kappa shape index (κ3) is 3.14. The lowest BCUT2D eigenvalue weighted by Gasteiger charge is -2.03. The second-order valence-electron chi connectivity index (χ2n) is 5.52. The van der Waals surface area contributed by atoms with Crippen LogP contribution in [0.3, 0.4) is 0 Å². The first-order valence-electron chi connectivity index (χ1n) is 7.80.